The predicted octanol–water partition coefficient (Wildman–Crippen LogP) is 2.61. The SMILES string of the molecule is COc1ccccc1/C=C/C(=O)Nc1cc(S(=O)(=O)N(C)C)ccc1OC. The molecular weight excluding hydrogens is 368 g/mol. The Hall–Kier alpha value is -2.84. The standard InChI is InChI=1S/C19H22N2O5S/c1-21(2)27(23,24)15-10-11-18(26-4)16(13-15)20-19(22)12-9-14-7-5-6-8-17(14)25-3/h5-13H,1-4H3,(H,20,22)/b12-9+. The third-order valence-corrected chi connectivity index (χ3v) is 5.57. The van der Waals surface area contributed by atoms with E-state index in [1.807, 2.05) is 18.2 Å². The number of ether oxygens (including phenoxy) is 2. The maximum atomic E-state index is 12.3. The molecule has 0 bridgehead atoms. The highest BCUT2D eigenvalue weighted by molar-refractivity contribution is 7.89. The lowest BCUT2D eigenvalue weighted by molar-refractivity contribution is -0.111. The Morgan fingerprint density at radius 2 is 1.70 bits per heavy atom. The van der Waals surface area contributed by atoms with Crippen LogP contribution in [0.5, 0.6) is 11.5 Å². The van der Waals surface area contributed by atoms with E-state index >= 15 is 0 Å². The first-order chi connectivity index (χ1) is 12.8. The average molecular weight is 390 g/mol. The molecule has 27 heavy (non-hydrogen) atoms. The first-order valence-electron chi connectivity index (χ1n) is 8.02. The van der Waals surface area contributed by atoms with Crippen molar-refractivity contribution in [1.82, 2.24) is 4.31 Å². The van der Waals surface area contributed by atoms with Crippen LogP contribution in [0.3, 0.4) is 0 Å². The van der Waals surface area contributed by atoms with Crippen LogP contribution in [0.2, 0.25) is 0 Å². The monoisotopic (exact) mass is 390 g/mol. The van der Waals surface area contributed by atoms with Crippen molar-refractivity contribution in [3.63, 3.8) is 0 Å². The highest BCUT2D eigenvalue weighted by Crippen LogP contribution is 2.28. The van der Waals surface area contributed by atoms with Gasteiger partial charge >= 0.3 is 0 Å². The normalized spacial score (nSPS) is 11.6. The van der Waals surface area contributed by atoms with Gasteiger partial charge in [-0.2, -0.15) is 0 Å². The molecule has 0 aliphatic carbocycles. The van der Waals surface area contributed by atoms with E-state index < -0.39 is 15.9 Å². The van der Waals surface area contributed by atoms with Crippen LogP contribution in [0.15, 0.2) is 53.4 Å². The van der Waals surface area contributed by atoms with E-state index in [2.05, 4.69) is 5.32 Å². The lowest BCUT2D eigenvalue weighted by Gasteiger charge is -2.14. The van der Waals surface area contributed by atoms with Gasteiger partial charge in [0.25, 0.3) is 0 Å². The Morgan fingerprint density at radius 3 is 2.33 bits per heavy atom. The fourth-order valence-corrected chi connectivity index (χ4v) is 3.23. The summed E-state index contributed by atoms with van der Waals surface area (Å²) in [5.74, 6) is 0.559. The van der Waals surface area contributed by atoms with Crippen LogP contribution >= 0.6 is 0 Å². The number of carbonyl (C=O) groups is 1. The number of anilines is 1. The largest absolute Gasteiger partial charge is 0.496 e. The van der Waals surface area contributed by atoms with E-state index in [1.165, 1.54) is 45.5 Å². The second kappa shape index (κ2) is 8.70. The van der Waals surface area contributed by atoms with Crippen molar-refractivity contribution >= 4 is 27.7 Å². The molecule has 0 radical (unpaired) electrons. The summed E-state index contributed by atoms with van der Waals surface area (Å²) in [5, 5.41) is 2.65. The fourth-order valence-electron chi connectivity index (χ4n) is 2.30. The van der Waals surface area contributed by atoms with Crippen LogP contribution in [0.4, 0.5) is 5.69 Å². The van der Waals surface area contributed by atoms with Crippen LogP contribution in [0, 0.1) is 0 Å². The second-order valence-electron chi connectivity index (χ2n) is 5.71. The zero-order valence-electron chi connectivity index (χ0n) is 15.6. The van der Waals surface area contributed by atoms with Gasteiger partial charge in [-0.3, -0.25) is 4.79 Å². The van der Waals surface area contributed by atoms with Crippen LogP contribution < -0.4 is 14.8 Å². The summed E-state index contributed by atoms with van der Waals surface area (Å²) in [6.07, 6.45) is 2.95. The smallest absolute Gasteiger partial charge is 0.248 e. The topological polar surface area (TPSA) is 84.9 Å². The van der Waals surface area contributed by atoms with Crippen LogP contribution in [0.1, 0.15) is 5.56 Å². The van der Waals surface area contributed by atoms with Crippen molar-refractivity contribution in [3.8, 4) is 11.5 Å². The van der Waals surface area contributed by atoms with E-state index in [9.17, 15) is 13.2 Å². The number of hydrogen-bond acceptors (Lipinski definition) is 5. The minimum Gasteiger partial charge on any atom is -0.496 e. The van der Waals surface area contributed by atoms with E-state index in [0.29, 0.717) is 11.5 Å². The van der Waals surface area contributed by atoms with Gasteiger partial charge < -0.3 is 14.8 Å². The predicted molar refractivity (Wildman–Crippen MR) is 105 cm³/mol. The minimum absolute atomic E-state index is 0.0531. The second-order valence-corrected chi connectivity index (χ2v) is 7.87. The number of rotatable bonds is 7. The fraction of sp³-hybridized carbons (Fsp3) is 0.211. The molecule has 0 aliphatic heterocycles. The molecule has 0 fully saturated rings. The number of hydrogen-bond donors (Lipinski definition) is 1. The van der Waals surface area contributed by atoms with Crippen LogP contribution in [-0.4, -0.2) is 46.9 Å². The lowest BCUT2D eigenvalue weighted by Crippen LogP contribution is -2.22. The Labute approximate surface area is 159 Å². The molecule has 1 amide bonds. The third kappa shape index (κ3) is 4.87. The van der Waals surface area contributed by atoms with Gasteiger partial charge in [-0.05, 0) is 30.3 Å². The number of para-hydroxylation sites is 1. The molecule has 2 rings (SSSR count). The third-order valence-electron chi connectivity index (χ3n) is 3.76. The summed E-state index contributed by atoms with van der Waals surface area (Å²) in [7, 11) is 2.23. The molecule has 0 atom stereocenters. The van der Waals surface area contributed by atoms with Gasteiger partial charge in [0.2, 0.25) is 15.9 Å². The number of amides is 1. The van der Waals surface area contributed by atoms with Gasteiger partial charge in [0.05, 0.1) is 24.8 Å². The van der Waals surface area contributed by atoms with Gasteiger partial charge in [-0.1, -0.05) is 18.2 Å². The highest BCUT2D eigenvalue weighted by Gasteiger charge is 2.19. The van der Waals surface area contributed by atoms with Gasteiger partial charge in [0, 0.05) is 25.7 Å². The van der Waals surface area contributed by atoms with Crippen LogP contribution in [-0.2, 0) is 14.8 Å². The van der Waals surface area contributed by atoms with Crippen molar-refractivity contribution in [2.75, 3.05) is 33.6 Å². The molecule has 144 valence electrons. The number of sulfonamides is 1. The molecule has 0 spiro atoms. The van der Waals surface area contributed by atoms with Gasteiger partial charge in [0.15, 0.2) is 0 Å². The summed E-state index contributed by atoms with van der Waals surface area (Å²) in [5.41, 5.74) is 1.00. The van der Waals surface area contributed by atoms with Crippen molar-refractivity contribution in [1.29, 1.82) is 0 Å². The minimum atomic E-state index is -3.63. The van der Waals surface area contributed by atoms with E-state index in [1.54, 1.807) is 19.3 Å². The molecule has 0 saturated heterocycles. The Balaban J connectivity index is 2.27. The Kier molecular flexibility index (Phi) is 6.59. The zero-order valence-corrected chi connectivity index (χ0v) is 16.4. The van der Waals surface area contributed by atoms with E-state index in [0.717, 1.165) is 9.87 Å². The molecule has 1 N–H and O–H groups in total. The lowest BCUT2D eigenvalue weighted by atomic mass is 10.2. The van der Waals surface area contributed by atoms with Crippen LogP contribution in [0.25, 0.3) is 6.08 Å². The summed E-state index contributed by atoms with van der Waals surface area (Å²) in [6, 6.07) is 11.5. The molecule has 0 aliphatic rings. The molecule has 2 aromatic carbocycles. The molecule has 7 nitrogen and oxygen atoms in total. The molecule has 2 aromatic rings. The molecular formula is C19H22N2O5S. The molecule has 0 heterocycles. The van der Waals surface area contributed by atoms with Crippen molar-refractivity contribution in [2.24, 2.45) is 0 Å². The summed E-state index contributed by atoms with van der Waals surface area (Å²) in [6.45, 7) is 0. The quantitative estimate of drug-likeness (QED) is 0.735. The van der Waals surface area contributed by atoms with Crippen molar-refractivity contribution in [2.45, 2.75) is 4.90 Å². The number of nitrogens with one attached hydrogen (secondary N) is 1. The summed E-state index contributed by atoms with van der Waals surface area (Å²) in [4.78, 5) is 12.3. The molecule has 8 heteroatoms. The number of carbonyl (C=O) groups excluding carboxylic acids is 1. The van der Waals surface area contributed by atoms with Gasteiger partial charge in [-0.15, -0.1) is 0 Å². The zero-order chi connectivity index (χ0) is 20.0. The van der Waals surface area contributed by atoms with Crippen molar-refractivity contribution in [3.05, 3.63) is 54.1 Å². The number of benzene rings is 2. The Bertz CT molecular complexity index is 952. The van der Waals surface area contributed by atoms with Crippen molar-refractivity contribution < 1.29 is 22.7 Å². The van der Waals surface area contributed by atoms with Gasteiger partial charge in [-0.25, -0.2) is 12.7 Å². The maximum Gasteiger partial charge on any atom is 0.248 e. The first kappa shape index (κ1) is 20.5. The number of nitrogens with zero attached hydrogens (tertiary/aromatic N) is 1. The molecule has 0 unspecified atom stereocenters. The summed E-state index contributed by atoms with van der Waals surface area (Å²) < 4.78 is 36.1. The number of methoxy groups -OCH3 is 2. The first-order valence-corrected chi connectivity index (χ1v) is 9.46. The summed E-state index contributed by atoms with van der Waals surface area (Å²) >= 11 is 0. The van der Waals surface area contributed by atoms with Gasteiger partial charge in [0.1, 0.15) is 11.5 Å². The van der Waals surface area contributed by atoms with E-state index in [4.69, 9.17) is 9.47 Å². The molecule has 0 aromatic heterocycles. The van der Waals surface area contributed by atoms with E-state index in [-0.39, 0.29) is 10.6 Å². The Morgan fingerprint density at radius 1 is 1.04 bits per heavy atom. The highest BCUT2D eigenvalue weighted by atomic mass is 32.2. The average Bonchev–Trinajstić information content (AvgIpc) is 2.66. The maximum absolute atomic E-state index is 12.3. The molecule has 0 saturated carbocycles.